The number of aromatic amines is 1. The van der Waals surface area contributed by atoms with Crippen molar-refractivity contribution < 1.29 is 4.74 Å². The van der Waals surface area contributed by atoms with E-state index in [1.54, 1.807) is 0 Å². The molecule has 0 spiro atoms. The Balaban J connectivity index is 2.05. The van der Waals surface area contributed by atoms with Gasteiger partial charge in [-0.05, 0) is 38.3 Å². The largest absolute Gasteiger partial charge is 0.494 e. The van der Waals surface area contributed by atoms with Crippen molar-refractivity contribution in [2.45, 2.75) is 26.2 Å². The lowest BCUT2D eigenvalue weighted by Crippen LogP contribution is -2.15. The number of aromatic nitrogens is 2. The Morgan fingerprint density at radius 1 is 1.37 bits per heavy atom. The van der Waals surface area contributed by atoms with Gasteiger partial charge in [0.05, 0.1) is 12.3 Å². The van der Waals surface area contributed by atoms with Gasteiger partial charge >= 0.3 is 0 Å². The predicted molar refractivity (Wildman–Crippen MR) is 73.5 cm³/mol. The highest BCUT2D eigenvalue weighted by Crippen LogP contribution is 2.23. The zero-order chi connectivity index (χ0) is 13.2. The summed E-state index contributed by atoms with van der Waals surface area (Å²) in [5.74, 6) is 1.43. The summed E-state index contributed by atoms with van der Waals surface area (Å²) in [7, 11) is 0. The number of hydrogen-bond acceptors (Lipinski definition) is 3. The topological polar surface area (TPSA) is 55.0 Å². The maximum atomic E-state index is 12.0. The third-order valence-corrected chi connectivity index (χ3v) is 3.36. The number of fused-ring (bicyclic) bond motifs is 1. The fourth-order valence-corrected chi connectivity index (χ4v) is 2.48. The first-order valence-electron chi connectivity index (χ1n) is 6.63. The van der Waals surface area contributed by atoms with Crippen LogP contribution in [-0.4, -0.2) is 16.6 Å². The lowest BCUT2D eigenvalue weighted by molar-refractivity contribution is 0.340. The molecule has 0 saturated heterocycles. The van der Waals surface area contributed by atoms with Gasteiger partial charge in [0.15, 0.2) is 0 Å². The van der Waals surface area contributed by atoms with Crippen molar-refractivity contribution in [2.24, 2.45) is 0 Å². The fourth-order valence-electron chi connectivity index (χ4n) is 2.48. The molecule has 0 atom stereocenters. The molecular formula is C15H16N2O2. The number of hydrogen-bond donors (Lipinski definition) is 1. The van der Waals surface area contributed by atoms with Crippen LogP contribution < -0.4 is 10.3 Å². The van der Waals surface area contributed by atoms with Crippen LogP contribution in [0.25, 0.3) is 11.4 Å². The van der Waals surface area contributed by atoms with E-state index in [-0.39, 0.29) is 5.56 Å². The molecular weight excluding hydrogens is 240 g/mol. The van der Waals surface area contributed by atoms with Gasteiger partial charge in [0, 0.05) is 11.1 Å². The van der Waals surface area contributed by atoms with Gasteiger partial charge in [-0.15, -0.1) is 0 Å². The standard InChI is InChI=1S/C15H16N2O2/c1-2-19-11-6-3-5-10(9-11)14-16-13-8-4-7-12(13)15(18)17-14/h3,5-6,9H,2,4,7-8H2,1H3,(H,16,17,18). The highest BCUT2D eigenvalue weighted by atomic mass is 16.5. The SMILES string of the molecule is CCOc1cccc(-c2nc3c(c(=O)[nH]2)CCC3)c1. The fraction of sp³-hybridized carbons (Fsp3) is 0.333. The molecule has 1 N–H and O–H groups in total. The van der Waals surface area contributed by atoms with E-state index < -0.39 is 0 Å². The zero-order valence-electron chi connectivity index (χ0n) is 10.9. The highest BCUT2D eigenvalue weighted by Gasteiger charge is 2.17. The normalized spacial score (nSPS) is 13.3. The van der Waals surface area contributed by atoms with Crippen LogP contribution >= 0.6 is 0 Å². The van der Waals surface area contributed by atoms with Crippen molar-refractivity contribution in [3.8, 4) is 17.1 Å². The van der Waals surface area contributed by atoms with E-state index in [1.807, 2.05) is 31.2 Å². The van der Waals surface area contributed by atoms with Crippen LogP contribution in [0.15, 0.2) is 29.1 Å². The first kappa shape index (κ1) is 12.0. The molecule has 19 heavy (non-hydrogen) atoms. The molecule has 0 bridgehead atoms. The minimum Gasteiger partial charge on any atom is -0.494 e. The zero-order valence-corrected chi connectivity index (χ0v) is 10.9. The minimum atomic E-state index is -0.000636. The van der Waals surface area contributed by atoms with Crippen LogP contribution in [0, 0.1) is 0 Å². The summed E-state index contributed by atoms with van der Waals surface area (Å²) in [5, 5.41) is 0. The summed E-state index contributed by atoms with van der Waals surface area (Å²) < 4.78 is 5.47. The molecule has 4 heteroatoms. The number of nitrogens with one attached hydrogen (secondary N) is 1. The molecule has 0 unspecified atom stereocenters. The van der Waals surface area contributed by atoms with E-state index in [9.17, 15) is 4.79 Å². The van der Waals surface area contributed by atoms with E-state index in [4.69, 9.17) is 4.74 Å². The summed E-state index contributed by atoms with van der Waals surface area (Å²) in [6.45, 7) is 2.57. The Hall–Kier alpha value is -2.10. The second kappa shape index (κ2) is 4.88. The Bertz CT molecular complexity index is 661. The van der Waals surface area contributed by atoms with Gasteiger partial charge in [0.1, 0.15) is 11.6 Å². The lowest BCUT2D eigenvalue weighted by atomic mass is 10.2. The van der Waals surface area contributed by atoms with Crippen LogP contribution in [0.2, 0.25) is 0 Å². The number of ether oxygens (including phenoxy) is 1. The van der Waals surface area contributed by atoms with Crippen molar-refractivity contribution in [1.29, 1.82) is 0 Å². The number of aryl methyl sites for hydroxylation is 1. The van der Waals surface area contributed by atoms with Crippen LogP contribution in [-0.2, 0) is 12.8 Å². The highest BCUT2D eigenvalue weighted by molar-refractivity contribution is 5.57. The third-order valence-electron chi connectivity index (χ3n) is 3.36. The van der Waals surface area contributed by atoms with Crippen molar-refractivity contribution in [2.75, 3.05) is 6.61 Å². The van der Waals surface area contributed by atoms with E-state index in [0.29, 0.717) is 12.4 Å². The van der Waals surface area contributed by atoms with Gasteiger partial charge in [0.25, 0.3) is 5.56 Å². The molecule has 1 aromatic heterocycles. The second-order valence-corrected chi connectivity index (χ2v) is 4.65. The van der Waals surface area contributed by atoms with Crippen molar-refractivity contribution >= 4 is 0 Å². The number of H-pyrrole nitrogens is 1. The van der Waals surface area contributed by atoms with Crippen LogP contribution in [0.5, 0.6) is 5.75 Å². The smallest absolute Gasteiger partial charge is 0.254 e. The molecule has 0 aliphatic heterocycles. The van der Waals surface area contributed by atoms with Crippen LogP contribution in [0.3, 0.4) is 0 Å². The Morgan fingerprint density at radius 2 is 2.26 bits per heavy atom. The average molecular weight is 256 g/mol. The van der Waals surface area contributed by atoms with Gasteiger partial charge in [0.2, 0.25) is 0 Å². The Kier molecular flexibility index (Phi) is 3.07. The van der Waals surface area contributed by atoms with Crippen LogP contribution in [0.1, 0.15) is 24.6 Å². The second-order valence-electron chi connectivity index (χ2n) is 4.65. The maximum Gasteiger partial charge on any atom is 0.254 e. The molecule has 2 aromatic rings. The summed E-state index contributed by atoms with van der Waals surface area (Å²) >= 11 is 0. The summed E-state index contributed by atoms with van der Waals surface area (Å²) in [4.78, 5) is 19.4. The predicted octanol–water partition coefficient (Wildman–Crippen LogP) is 2.32. The van der Waals surface area contributed by atoms with Crippen LogP contribution in [0.4, 0.5) is 0 Å². The van der Waals surface area contributed by atoms with Gasteiger partial charge in [-0.25, -0.2) is 4.98 Å². The number of rotatable bonds is 3. The van der Waals surface area contributed by atoms with Crippen molar-refractivity contribution in [1.82, 2.24) is 9.97 Å². The summed E-state index contributed by atoms with van der Waals surface area (Å²) in [6.07, 6.45) is 2.77. The molecule has 1 aromatic carbocycles. The molecule has 0 saturated carbocycles. The molecule has 1 heterocycles. The molecule has 0 radical (unpaired) electrons. The van der Waals surface area contributed by atoms with Crippen molar-refractivity contribution in [3.05, 3.63) is 45.9 Å². The average Bonchev–Trinajstić information content (AvgIpc) is 2.88. The van der Waals surface area contributed by atoms with E-state index in [1.165, 1.54) is 0 Å². The number of benzene rings is 1. The minimum absolute atomic E-state index is 0.000636. The molecule has 98 valence electrons. The van der Waals surface area contributed by atoms with Crippen molar-refractivity contribution in [3.63, 3.8) is 0 Å². The molecule has 0 amide bonds. The van der Waals surface area contributed by atoms with E-state index in [2.05, 4.69) is 9.97 Å². The van der Waals surface area contributed by atoms with E-state index >= 15 is 0 Å². The lowest BCUT2D eigenvalue weighted by Gasteiger charge is -2.07. The Morgan fingerprint density at radius 3 is 3.11 bits per heavy atom. The van der Waals surface area contributed by atoms with Gasteiger partial charge in [-0.2, -0.15) is 0 Å². The summed E-state index contributed by atoms with van der Waals surface area (Å²) in [5.41, 5.74) is 2.68. The van der Waals surface area contributed by atoms with E-state index in [0.717, 1.165) is 41.8 Å². The Labute approximate surface area is 111 Å². The molecule has 4 nitrogen and oxygen atoms in total. The molecule has 3 rings (SSSR count). The maximum absolute atomic E-state index is 12.0. The molecule has 1 aliphatic carbocycles. The number of nitrogens with zero attached hydrogens (tertiary/aromatic N) is 1. The molecule has 1 aliphatic rings. The molecule has 0 fully saturated rings. The first-order valence-corrected chi connectivity index (χ1v) is 6.63. The van der Waals surface area contributed by atoms with Gasteiger partial charge < -0.3 is 9.72 Å². The summed E-state index contributed by atoms with van der Waals surface area (Å²) in [6, 6.07) is 7.65. The van der Waals surface area contributed by atoms with Gasteiger partial charge in [-0.3, -0.25) is 4.79 Å². The quantitative estimate of drug-likeness (QED) is 0.917. The van der Waals surface area contributed by atoms with Gasteiger partial charge in [-0.1, -0.05) is 12.1 Å². The third kappa shape index (κ3) is 2.26. The first-order chi connectivity index (χ1) is 9.28. The monoisotopic (exact) mass is 256 g/mol.